The molecule has 2 aromatic heterocycles. The lowest BCUT2D eigenvalue weighted by Crippen LogP contribution is -2.20. The molecule has 128 valence electrons. The molecule has 0 atom stereocenters. The van der Waals surface area contributed by atoms with Crippen molar-refractivity contribution >= 4 is 29.4 Å². The molecular weight excluding hydrogens is 348 g/mol. The zero-order valence-electron chi connectivity index (χ0n) is 13.0. The zero-order valence-corrected chi connectivity index (χ0v) is 13.8. The Morgan fingerprint density at radius 3 is 2.80 bits per heavy atom. The van der Waals surface area contributed by atoms with Crippen molar-refractivity contribution in [2.75, 3.05) is 5.32 Å². The molecule has 0 unspecified atom stereocenters. The van der Waals surface area contributed by atoms with Gasteiger partial charge in [0.05, 0.1) is 12.7 Å². The van der Waals surface area contributed by atoms with Gasteiger partial charge in [0.2, 0.25) is 5.95 Å². The van der Waals surface area contributed by atoms with Gasteiger partial charge in [-0.3, -0.25) is 14.8 Å². The van der Waals surface area contributed by atoms with Crippen molar-refractivity contribution in [2.45, 2.75) is 6.54 Å². The van der Waals surface area contributed by atoms with Crippen molar-refractivity contribution in [1.82, 2.24) is 24.5 Å². The monoisotopic (exact) mass is 360 g/mol. The third-order valence-electron chi connectivity index (χ3n) is 3.44. The first-order valence-electron chi connectivity index (χ1n) is 7.15. The summed E-state index contributed by atoms with van der Waals surface area (Å²) in [6.45, 7) is 0.384. The Morgan fingerprint density at radius 1 is 1.32 bits per heavy atom. The second kappa shape index (κ2) is 6.73. The smallest absolute Gasteiger partial charge is 0.339 e. The van der Waals surface area contributed by atoms with Crippen LogP contribution in [0.15, 0.2) is 36.8 Å². The highest BCUT2D eigenvalue weighted by atomic mass is 35.5. The molecule has 3 rings (SSSR count). The summed E-state index contributed by atoms with van der Waals surface area (Å²) in [5.74, 6) is -1.85. The topological polar surface area (TPSA) is 115 Å². The molecule has 0 saturated carbocycles. The molecule has 2 heterocycles. The highest BCUT2D eigenvalue weighted by Gasteiger charge is 2.22. The van der Waals surface area contributed by atoms with E-state index in [1.54, 1.807) is 6.07 Å². The fourth-order valence-electron chi connectivity index (χ4n) is 2.25. The van der Waals surface area contributed by atoms with E-state index in [2.05, 4.69) is 20.5 Å². The van der Waals surface area contributed by atoms with Gasteiger partial charge in [0.25, 0.3) is 5.91 Å². The van der Waals surface area contributed by atoms with Crippen molar-refractivity contribution in [2.24, 2.45) is 7.05 Å². The predicted molar refractivity (Wildman–Crippen MR) is 88.7 cm³/mol. The van der Waals surface area contributed by atoms with Crippen molar-refractivity contribution in [1.29, 1.82) is 0 Å². The molecule has 2 N–H and O–H groups in total. The minimum atomic E-state index is -1.24. The van der Waals surface area contributed by atoms with E-state index in [1.807, 2.05) is 18.2 Å². The summed E-state index contributed by atoms with van der Waals surface area (Å²) in [6, 6.07) is 7.31. The van der Waals surface area contributed by atoms with Gasteiger partial charge >= 0.3 is 5.97 Å². The number of hydrogen-bond acceptors (Lipinski definition) is 5. The fourth-order valence-corrected chi connectivity index (χ4v) is 2.45. The van der Waals surface area contributed by atoms with Crippen molar-refractivity contribution < 1.29 is 14.7 Å². The first-order chi connectivity index (χ1) is 12.0. The lowest BCUT2D eigenvalue weighted by atomic mass is 10.2. The number of carboxylic acids is 1. The normalized spacial score (nSPS) is 10.6. The van der Waals surface area contributed by atoms with E-state index in [9.17, 15) is 9.59 Å². The molecule has 0 aliphatic carbocycles. The van der Waals surface area contributed by atoms with Crippen LogP contribution < -0.4 is 5.32 Å². The number of halogens is 1. The number of nitrogens with zero attached hydrogens (tertiary/aromatic N) is 5. The number of rotatable bonds is 5. The highest BCUT2D eigenvalue weighted by molar-refractivity contribution is 6.31. The van der Waals surface area contributed by atoms with Crippen molar-refractivity contribution in [3.8, 4) is 0 Å². The third kappa shape index (κ3) is 3.50. The van der Waals surface area contributed by atoms with Gasteiger partial charge in [-0.2, -0.15) is 5.10 Å². The number of amides is 1. The average Bonchev–Trinajstić information content (AvgIpc) is 3.16. The number of nitrogens with one attached hydrogen (secondary N) is 1. The molecule has 9 nitrogen and oxygen atoms in total. The number of carbonyl (C=O) groups excluding carboxylic acids is 1. The molecule has 3 aromatic rings. The van der Waals surface area contributed by atoms with E-state index in [1.165, 1.54) is 22.7 Å². The molecule has 0 bridgehead atoms. The van der Waals surface area contributed by atoms with Gasteiger partial charge < -0.3 is 5.11 Å². The molecule has 1 amide bonds. The maximum Gasteiger partial charge on any atom is 0.339 e. The number of benzene rings is 1. The number of carbonyl (C=O) groups is 2. The zero-order chi connectivity index (χ0) is 18.0. The van der Waals surface area contributed by atoms with Gasteiger partial charge in [0.1, 0.15) is 17.6 Å². The minimum absolute atomic E-state index is 0.0505. The second-order valence-electron chi connectivity index (χ2n) is 5.15. The van der Waals surface area contributed by atoms with E-state index < -0.39 is 11.9 Å². The molecule has 0 aliphatic rings. The molecule has 0 aliphatic heterocycles. The lowest BCUT2D eigenvalue weighted by Gasteiger charge is -2.04. The van der Waals surface area contributed by atoms with Gasteiger partial charge in [0, 0.05) is 12.1 Å². The molecule has 0 saturated heterocycles. The van der Waals surface area contributed by atoms with Crippen molar-refractivity contribution in [3.63, 3.8) is 0 Å². The number of aromatic nitrogens is 5. The lowest BCUT2D eigenvalue weighted by molar-refractivity contribution is 0.0692. The minimum Gasteiger partial charge on any atom is -0.478 e. The number of anilines is 1. The van der Waals surface area contributed by atoms with Crippen LogP contribution >= 0.6 is 11.6 Å². The Labute approximate surface area is 146 Å². The van der Waals surface area contributed by atoms with E-state index in [4.69, 9.17) is 16.7 Å². The summed E-state index contributed by atoms with van der Waals surface area (Å²) in [5.41, 5.74) is 0.567. The fraction of sp³-hybridized carbons (Fsp3) is 0.133. The summed E-state index contributed by atoms with van der Waals surface area (Å²) in [7, 11) is 1.48. The predicted octanol–water partition coefficient (Wildman–Crippen LogP) is 1.66. The van der Waals surface area contributed by atoms with Gasteiger partial charge in [-0.05, 0) is 11.6 Å². The largest absolute Gasteiger partial charge is 0.478 e. The Kier molecular flexibility index (Phi) is 4.48. The van der Waals surface area contributed by atoms with E-state index >= 15 is 0 Å². The van der Waals surface area contributed by atoms with Crippen molar-refractivity contribution in [3.05, 3.63) is 58.6 Å². The van der Waals surface area contributed by atoms with Crippen LogP contribution in [0.5, 0.6) is 0 Å². The number of aromatic carboxylic acids is 1. The van der Waals surface area contributed by atoms with Gasteiger partial charge in [-0.1, -0.05) is 29.8 Å². The summed E-state index contributed by atoms with van der Waals surface area (Å²) in [5, 5.41) is 20.1. The molecule has 0 fully saturated rings. The molecule has 0 radical (unpaired) electrons. The standard InChI is InChI=1S/C15H13ClN6O3/c1-21-12(10(6-18-21)14(24)25)13(23)19-15-17-8-22(20-15)7-9-4-2-3-5-11(9)16/h2-6,8H,7H2,1H3,(H,24,25)(H,19,20,23). The number of hydrogen-bond donors (Lipinski definition) is 2. The first-order valence-corrected chi connectivity index (χ1v) is 7.53. The van der Waals surface area contributed by atoms with E-state index in [0.29, 0.717) is 11.6 Å². The first kappa shape index (κ1) is 16.7. The third-order valence-corrected chi connectivity index (χ3v) is 3.80. The summed E-state index contributed by atoms with van der Waals surface area (Å²) in [6.07, 6.45) is 2.56. The Balaban J connectivity index is 1.76. The SMILES string of the molecule is Cn1ncc(C(=O)O)c1C(=O)Nc1ncn(Cc2ccccc2Cl)n1. The van der Waals surface area contributed by atoms with E-state index in [-0.39, 0.29) is 17.2 Å². The molecule has 25 heavy (non-hydrogen) atoms. The highest BCUT2D eigenvalue weighted by Crippen LogP contribution is 2.16. The van der Waals surface area contributed by atoms with E-state index in [0.717, 1.165) is 11.8 Å². The molecule has 10 heteroatoms. The van der Waals surface area contributed by atoms with Gasteiger partial charge in [-0.25, -0.2) is 14.5 Å². The second-order valence-corrected chi connectivity index (χ2v) is 5.55. The molecule has 0 spiro atoms. The number of aryl methyl sites for hydroxylation is 1. The van der Waals surface area contributed by atoms with Crippen LogP contribution in [0.2, 0.25) is 5.02 Å². The van der Waals surface area contributed by atoms with Crippen LogP contribution in [0.1, 0.15) is 26.4 Å². The Morgan fingerprint density at radius 2 is 2.08 bits per heavy atom. The summed E-state index contributed by atoms with van der Waals surface area (Å²) >= 11 is 6.10. The van der Waals surface area contributed by atoms with Crippen LogP contribution in [-0.4, -0.2) is 41.5 Å². The van der Waals surface area contributed by atoms with Crippen LogP contribution in [-0.2, 0) is 13.6 Å². The molecular formula is C15H13ClN6O3. The summed E-state index contributed by atoms with van der Waals surface area (Å²) in [4.78, 5) is 27.4. The van der Waals surface area contributed by atoms with Crippen LogP contribution in [0.3, 0.4) is 0 Å². The summed E-state index contributed by atoms with van der Waals surface area (Å²) < 4.78 is 2.69. The quantitative estimate of drug-likeness (QED) is 0.715. The maximum absolute atomic E-state index is 12.3. The number of carboxylic acid groups (broad SMARTS) is 1. The van der Waals surface area contributed by atoms with Crippen LogP contribution in [0.25, 0.3) is 0 Å². The van der Waals surface area contributed by atoms with Crippen LogP contribution in [0.4, 0.5) is 5.95 Å². The maximum atomic E-state index is 12.3. The average molecular weight is 361 g/mol. The van der Waals surface area contributed by atoms with Gasteiger partial charge in [0.15, 0.2) is 0 Å². The molecule has 1 aromatic carbocycles. The van der Waals surface area contributed by atoms with Crippen LogP contribution in [0, 0.1) is 0 Å². The van der Waals surface area contributed by atoms with Gasteiger partial charge in [-0.15, -0.1) is 5.10 Å². The Hall–Kier alpha value is -3.20. The Bertz CT molecular complexity index is 948.